The van der Waals surface area contributed by atoms with Gasteiger partial charge in [0.2, 0.25) is 0 Å². The zero-order valence-corrected chi connectivity index (χ0v) is 7.50. The molecule has 0 aliphatic heterocycles. The predicted molar refractivity (Wildman–Crippen MR) is 36.8 cm³/mol. The van der Waals surface area contributed by atoms with Crippen LogP contribution >= 0.6 is 0 Å². The van der Waals surface area contributed by atoms with Gasteiger partial charge in [-0.15, -0.1) is 0 Å². The van der Waals surface area contributed by atoms with Gasteiger partial charge >= 0.3 is 0 Å². The van der Waals surface area contributed by atoms with Crippen LogP contribution in [0.25, 0.3) is 0 Å². The van der Waals surface area contributed by atoms with Crippen molar-refractivity contribution < 1.29 is 16.9 Å². The average Bonchev–Trinajstić information content (AvgIpc) is 1.59. The van der Waals surface area contributed by atoms with Crippen molar-refractivity contribution in [1.29, 1.82) is 0 Å². The first-order valence-corrected chi connectivity index (χ1v) is 3.01. The van der Waals surface area contributed by atoms with Crippen LogP contribution in [-0.4, -0.2) is 45.8 Å². The standard InChI is InChI=1S/C6H17N2.ClH/c1-7-5-6-8(2,3)4;/h7H,5-6H2,1-4H3;1H/q+1;/p-1. The lowest BCUT2D eigenvalue weighted by Crippen LogP contribution is -3.00. The molecule has 0 spiro atoms. The Bertz CT molecular complexity index is 58.6. The van der Waals surface area contributed by atoms with Crippen molar-refractivity contribution in [3.05, 3.63) is 0 Å². The van der Waals surface area contributed by atoms with Crippen molar-refractivity contribution in [3.63, 3.8) is 0 Å². The van der Waals surface area contributed by atoms with Crippen molar-refractivity contribution in [3.8, 4) is 0 Å². The number of rotatable bonds is 3. The molecule has 2 nitrogen and oxygen atoms in total. The molecule has 0 heterocycles. The first-order valence-electron chi connectivity index (χ1n) is 3.01. The molecule has 0 atom stereocenters. The minimum atomic E-state index is 0. The molecule has 1 N–H and O–H groups in total. The lowest BCUT2D eigenvalue weighted by molar-refractivity contribution is -0.869. The smallest absolute Gasteiger partial charge is 0.0907 e. The Labute approximate surface area is 64.2 Å². The van der Waals surface area contributed by atoms with Crippen molar-refractivity contribution in [1.82, 2.24) is 5.32 Å². The van der Waals surface area contributed by atoms with Gasteiger partial charge in [-0.2, -0.15) is 0 Å². The molecular weight excluding hydrogens is 136 g/mol. The molecule has 0 aliphatic rings. The van der Waals surface area contributed by atoms with E-state index in [1.165, 1.54) is 6.54 Å². The first kappa shape index (κ1) is 11.9. The molecule has 9 heavy (non-hydrogen) atoms. The number of nitrogens with one attached hydrogen (secondary N) is 1. The summed E-state index contributed by atoms with van der Waals surface area (Å²) in [4.78, 5) is 0. The Morgan fingerprint density at radius 2 is 1.67 bits per heavy atom. The van der Waals surface area contributed by atoms with E-state index in [1.54, 1.807) is 0 Å². The zero-order valence-electron chi connectivity index (χ0n) is 6.74. The Hall–Kier alpha value is 0.210. The zero-order chi connectivity index (χ0) is 6.62. The third-order valence-electron chi connectivity index (χ3n) is 1.03. The summed E-state index contributed by atoms with van der Waals surface area (Å²) in [5, 5.41) is 3.11. The predicted octanol–water partition coefficient (Wildman–Crippen LogP) is -3.08. The summed E-state index contributed by atoms with van der Waals surface area (Å²) >= 11 is 0. The molecule has 0 fully saturated rings. The van der Waals surface area contributed by atoms with Gasteiger partial charge in [-0.25, -0.2) is 0 Å². The van der Waals surface area contributed by atoms with Crippen molar-refractivity contribution in [2.75, 3.05) is 41.3 Å². The van der Waals surface area contributed by atoms with Gasteiger partial charge in [0.25, 0.3) is 0 Å². The quantitative estimate of drug-likeness (QED) is 0.423. The van der Waals surface area contributed by atoms with E-state index in [2.05, 4.69) is 26.5 Å². The molecule has 0 unspecified atom stereocenters. The van der Waals surface area contributed by atoms with Crippen LogP contribution in [-0.2, 0) is 0 Å². The Kier molecular flexibility index (Phi) is 6.68. The molecule has 0 aliphatic carbocycles. The first-order chi connectivity index (χ1) is 3.56. The van der Waals surface area contributed by atoms with Crippen LogP contribution in [0, 0.1) is 0 Å². The Morgan fingerprint density at radius 3 is 1.78 bits per heavy atom. The van der Waals surface area contributed by atoms with E-state index in [9.17, 15) is 0 Å². The second-order valence-electron chi connectivity index (χ2n) is 3.12. The van der Waals surface area contributed by atoms with Gasteiger partial charge in [-0.1, -0.05) is 0 Å². The Balaban J connectivity index is 0. The SMILES string of the molecule is CNCC[N+](C)(C)C.[Cl-]. The summed E-state index contributed by atoms with van der Waals surface area (Å²) in [5.41, 5.74) is 0. The fraction of sp³-hybridized carbons (Fsp3) is 1.00. The molecule has 0 radical (unpaired) electrons. The monoisotopic (exact) mass is 152 g/mol. The molecule has 0 saturated heterocycles. The third-order valence-corrected chi connectivity index (χ3v) is 1.03. The van der Waals surface area contributed by atoms with Crippen LogP contribution < -0.4 is 17.7 Å². The Morgan fingerprint density at radius 1 is 1.22 bits per heavy atom. The molecule has 0 aromatic carbocycles. The van der Waals surface area contributed by atoms with E-state index in [0.717, 1.165) is 11.0 Å². The van der Waals surface area contributed by atoms with Crippen molar-refractivity contribution >= 4 is 0 Å². The van der Waals surface area contributed by atoms with Gasteiger partial charge in [0.15, 0.2) is 0 Å². The molecular formula is C6H17ClN2. The lowest BCUT2D eigenvalue weighted by atomic mass is 10.5. The van der Waals surface area contributed by atoms with Gasteiger partial charge in [0, 0.05) is 6.54 Å². The van der Waals surface area contributed by atoms with E-state index in [0.29, 0.717) is 0 Å². The maximum atomic E-state index is 3.11. The van der Waals surface area contributed by atoms with Gasteiger partial charge in [-0.05, 0) is 7.05 Å². The summed E-state index contributed by atoms with van der Waals surface area (Å²) < 4.78 is 1.04. The second-order valence-corrected chi connectivity index (χ2v) is 3.12. The number of halogens is 1. The topological polar surface area (TPSA) is 12.0 Å². The highest BCUT2D eigenvalue weighted by atomic mass is 35.5. The minimum Gasteiger partial charge on any atom is -1.00 e. The van der Waals surface area contributed by atoms with Crippen LogP contribution in [0.15, 0.2) is 0 Å². The van der Waals surface area contributed by atoms with Crippen LogP contribution in [0.2, 0.25) is 0 Å². The van der Waals surface area contributed by atoms with Gasteiger partial charge in [-0.3, -0.25) is 0 Å². The maximum absolute atomic E-state index is 3.11. The minimum absolute atomic E-state index is 0. The van der Waals surface area contributed by atoms with Crippen LogP contribution in [0.3, 0.4) is 0 Å². The number of quaternary nitrogens is 1. The highest BCUT2D eigenvalue weighted by Gasteiger charge is 2.02. The number of hydrogen-bond donors (Lipinski definition) is 1. The summed E-state index contributed by atoms with van der Waals surface area (Å²) in [7, 11) is 8.56. The third kappa shape index (κ3) is 11.7. The largest absolute Gasteiger partial charge is 1.00 e. The second kappa shape index (κ2) is 5.03. The summed E-state index contributed by atoms with van der Waals surface area (Å²) in [6, 6.07) is 0. The van der Waals surface area contributed by atoms with E-state index < -0.39 is 0 Å². The number of likely N-dealkylation sites (N-methyl/N-ethyl adjacent to an activating group) is 2. The van der Waals surface area contributed by atoms with Crippen LogP contribution in [0.5, 0.6) is 0 Å². The van der Waals surface area contributed by atoms with E-state index >= 15 is 0 Å². The van der Waals surface area contributed by atoms with Gasteiger partial charge in [0.05, 0.1) is 27.7 Å². The molecule has 0 aromatic rings. The van der Waals surface area contributed by atoms with Crippen molar-refractivity contribution in [2.45, 2.75) is 0 Å². The van der Waals surface area contributed by atoms with E-state index in [-0.39, 0.29) is 12.4 Å². The highest BCUT2D eigenvalue weighted by Crippen LogP contribution is 1.84. The summed E-state index contributed by atoms with van der Waals surface area (Å²) in [6.07, 6.45) is 0. The summed E-state index contributed by atoms with van der Waals surface area (Å²) in [6.45, 7) is 2.29. The van der Waals surface area contributed by atoms with Gasteiger partial charge in [0.1, 0.15) is 0 Å². The fourth-order valence-corrected chi connectivity index (χ4v) is 0.447. The van der Waals surface area contributed by atoms with Gasteiger partial charge < -0.3 is 22.2 Å². The molecule has 3 heteroatoms. The lowest BCUT2D eigenvalue weighted by Gasteiger charge is -2.23. The maximum Gasteiger partial charge on any atom is 0.0907 e. The average molecular weight is 153 g/mol. The van der Waals surface area contributed by atoms with E-state index in [4.69, 9.17) is 0 Å². The number of nitrogens with zero attached hydrogens (tertiary/aromatic N) is 1. The molecule has 0 amide bonds. The highest BCUT2D eigenvalue weighted by molar-refractivity contribution is 4.32. The number of hydrogen-bond acceptors (Lipinski definition) is 1. The van der Waals surface area contributed by atoms with Crippen LogP contribution in [0.1, 0.15) is 0 Å². The molecule has 0 bridgehead atoms. The molecule has 0 aromatic heterocycles. The fourth-order valence-electron chi connectivity index (χ4n) is 0.447. The molecule has 0 rings (SSSR count). The van der Waals surface area contributed by atoms with Crippen molar-refractivity contribution in [2.24, 2.45) is 0 Å². The normalized spacial score (nSPS) is 10.7. The molecule has 58 valence electrons. The van der Waals surface area contributed by atoms with Crippen LogP contribution in [0.4, 0.5) is 0 Å². The summed E-state index contributed by atoms with van der Waals surface area (Å²) in [5.74, 6) is 0. The molecule has 0 saturated carbocycles. The van der Waals surface area contributed by atoms with E-state index in [1.807, 2.05) is 7.05 Å².